The van der Waals surface area contributed by atoms with Crippen LogP contribution in [0.1, 0.15) is 39.2 Å². The van der Waals surface area contributed by atoms with Crippen LogP contribution in [-0.4, -0.2) is 44.1 Å². The topological polar surface area (TPSA) is 88.9 Å². The Labute approximate surface area is 155 Å². The lowest BCUT2D eigenvalue weighted by Crippen LogP contribution is -3.14. The van der Waals surface area contributed by atoms with E-state index in [2.05, 4.69) is 22.3 Å². The molecule has 144 valence electrons. The molecule has 0 spiro atoms. The van der Waals surface area contributed by atoms with Gasteiger partial charge in [0.15, 0.2) is 13.1 Å². The molecule has 0 aliphatic carbocycles. The number of nitrogens with one attached hydrogen (secondary N) is 3. The first kappa shape index (κ1) is 21.6. The molecule has 7 heteroatoms. The van der Waals surface area contributed by atoms with Gasteiger partial charge in [-0.05, 0) is 44.4 Å². The van der Waals surface area contributed by atoms with Gasteiger partial charge in [-0.25, -0.2) is 4.79 Å². The van der Waals surface area contributed by atoms with Crippen molar-refractivity contribution in [2.24, 2.45) is 0 Å². The minimum absolute atomic E-state index is 0.0265. The maximum absolute atomic E-state index is 12.2. The summed E-state index contributed by atoms with van der Waals surface area (Å²) >= 11 is 0. The number of hydrogen-bond donors (Lipinski definition) is 3. The molecule has 1 atom stereocenters. The summed E-state index contributed by atoms with van der Waals surface area (Å²) in [6.07, 6.45) is 2.57. The van der Waals surface area contributed by atoms with E-state index in [0.29, 0.717) is 6.54 Å². The molecule has 0 aliphatic heterocycles. The Bertz CT molecular complexity index is 587. The van der Waals surface area contributed by atoms with Crippen molar-refractivity contribution in [3.8, 4) is 0 Å². The molecule has 0 saturated carbocycles. The van der Waals surface area contributed by atoms with Crippen molar-refractivity contribution in [2.45, 2.75) is 40.0 Å². The molecule has 0 bridgehead atoms. The van der Waals surface area contributed by atoms with Gasteiger partial charge in [0.25, 0.3) is 11.8 Å². The third-order valence-electron chi connectivity index (χ3n) is 3.89. The summed E-state index contributed by atoms with van der Waals surface area (Å²) in [5.41, 5.74) is 1.99. The molecule has 26 heavy (non-hydrogen) atoms. The maximum atomic E-state index is 12.2. The summed E-state index contributed by atoms with van der Waals surface area (Å²) in [5.74, 6) is -0.638. The number of anilines is 1. The van der Waals surface area contributed by atoms with E-state index in [9.17, 15) is 14.4 Å². The van der Waals surface area contributed by atoms with E-state index in [1.54, 1.807) is 6.92 Å². The van der Waals surface area contributed by atoms with Crippen LogP contribution in [0, 0.1) is 0 Å². The highest BCUT2D eigenvalue weighted by Gasteiger charge is 2.18. The van der Waals surface area contributed by atoms with Gasteiger partial charge in [-0.15, -0.1) is 0 Å². The highest BCUT2D eigenvalue weighted by molar-refractivity contribution is 5.93. The third-order valence-corrected chi connectivity index (χ3v) is 3.89. The molecule has 7 nitrogen and oxygen atoms in total. The van der Waals surface area contributed by atoms with Gasteiger partial charge in [-0.3, -0.25) is 14.9 Å². The maximum Gasteiger partial charge on any atom is 0.414 e. The van der Waals surface area contributed by atoms with Gasteiger partial charge in [0.05, 0.1) is 13.2 Å². The second kappa shape index (κ2) is 12.0. The van der Waals surface area contributed by atoms with Crippen LogP contribution in [0.5, 0.6) is 0 Å². The van der Waals surface area contributed by atoms with Crippen LogP contribution in [0.15, 0.2) is 24.3 Å². The lowest BCUT2D eigenvalue weighted by molar-refractivity contribution is -0.881. The van der Waals surface area contributed by atoms with E-state index in [1.807, 2.05) is 31.2 Å². The van der Waals surface area contributed by atoms with Gasteiger partial charge in [-0.2, -0.15) is 0 Å². The Kier molecular flexibility index (Phi) is 10.0. The highest BCUT2D eigenvalue weighted by Crippen LogP contribution is 2.11. The third kappa shape index (κ3) is 8.62. The van der Waals surface area contributed by atoms with Crippen molar-refractivity contribution in [2.75, 3.05) is 31.6 Å². The van der Waals surface area contributed by atoms with Crippen LogP contribution in [0.4, 0.5) is 10.5 Å². The van der Waals surface area contributed by atoms with Crippen LogP contribution in [0.25, 0.3) is 0 Å². The van der Waals surface area contributed by atoms with Crippen molar-refractivity contribution in [1.29, 1.82) is 0 Å². The first-order valence-electron chi connectivity index (χ1n) is 9.17. The number of carbonyl (C=O) groups is 3. The standard InChI is InChI=1S/C19H29N3O4/c1-4-7-8-15-9-11-16(12-10-15)20-17(23)13-22(5-2)14-18(24)21-19(25)26-6-3/h9-12H,4-8,13-14H2,1-3H3,(H,20,23)(H,21,24,25)/p+1. The number of alkyl carbamates (subject to hydrolysis) is 1. The summed E-state index contributed by atoms with van der Waals surface area (Å²) in [6.45, 7) is 6.65. The van der Waals surface area contributed by atoms with E-state index < -0.39 is 12.0 Å². The second-order valence-corrected chi connectivity index (χ2v) is 6.07. The number of amides is 3. The number of benzene rings is 1. The lowest BCUT2D eigenvalue weighted by Gasteiger charge is -2.16. The molecule has 0 saturated heterocycles. The number of imide groups is 1. The number of rotatable bonds is 10. The average Bonchev–Trinajstić information content (AvgIpc) is 2.60. The predicted molar refractivity (Wildman–Crippen MR) is 100 cm³/mol. The van der Waals surface area contributed by atoms with Crippen LogP contribution in [-0.2, 0) is 20.7 Å². The Balaban J connectivity index is 2.46. The minimum Gasteiger partial charge on any atom is -0.450 e. The number of quaternary nitrogens is 1. The zero-order valence-corrected chi connectivity index (χ0v) is 15.9. The molecule has 0 heterocycles. The number of hydrogen-bond acceptors (Lipinski definition) is 4. The van der Waals surface area contributed by atoms with E-state index in [0.717, 1.165) is 29.8 Å². The Morgan fingerprint density at radius 3 is 2.23 bits per heavy atom. The molecule has 1 unspecified atom stereocenters. The summed E-state index contributed by atoms with van der Waals surface area (Å²) in [6, 6.07) is 7.81. The van der Waals surface area contributed by atoms with Crippen LogP contribution < -0.4 is 15.5 Å². The Morgan fingerprint density at radius 1 is 1.00 bits per heavy atom. The molecule has 0 radical (unpaired) electrons. The van der Waals surface area contributed by atoms with Crippen molar-refractivity contribution >= 4 is 23.6 Å². The molecule has 1 rings (SSSR count). The van der Waals surface area contributed by atoms with Gasteiger partial charge in [0.1, 0.15) is 0 Å². The molecule has 0 aromatic heterocycles. The molecule has 1 aromatic carbocycles. The first-order chi connectivity index (χ1) is 12.5. The smallest absolute Gasteiger partial charge is 0.414 e. The quantitative estimate of drug-likeness (QED) is 0.581. The summed E-state index contributed by atoms with van der Waals surface area (Å²) < 4.78 is 4.66. The number of aryl methyl sites for hydroxylation is 1. The fourth-order valence-corrected chi connectivity index (χ4v) is 2.43. The van der Waals surface area contributed by atoms with Crippen LogP contribution >= 0.6 is 0 Å². The summed E-state index contributed by atoms with van der Waals surface area (Å²) in [7, 11) is 0. The fourth-order valence-electron chi connectivity index (χ4n) is 2.43. The summed E-state index contributed by atoms with van der Waals surface area (Å²) in [4.78, 5) is 36.0. The second-order valence-electron chi connectivity index (χ2n) is 6.07. The van der Waals surface area contributed by atoms with Crippen LogP contribution in [0.3, 0.4) is 0 Å². The van der Waals surface area contributed by atoms with Gasteiger partial charge >= 0.3 is 6.09 Å². The Morgan fingerprint density at radius 2 is 1.65 bits per heavy atom. The zero-order chi connectivity index (χ0) is 19.4. The van der Waals surface area contributed by atoms with Crippen molar-refractivity contribution in [3.63, 3.8) is 0 Å². The predicted octanol–water partition coefficient (Wildman–Crippen LogP) is 1.15. The van der Waals surface area contributed by atoms with E-state index >= 15 is 0 Å². The normalized spacial score (nSPS) is 11.5. The zero-order valence-electron chi connectivity index (χ0n) is 15.9. The molecular formula is C19H30N3O4+. The molecule has 1 aromatic rings. The van der Waals surface area contributed by atoms with Gasteiger partial charge < -0.3 is 15.0 Å². The van der Waals surface area contributed by atoms with E-state index in [4.69, 9.17) is 0 Å². The molecule has 0 aliphatic rings. The van der Waals surface area contributed by atoms with Crippen molar-refractivity contribution in [3.05, 3.63) is 29.8 Å². The SMILES string of the molecule is CCCCc1ccc(NC(=O)C[NH+](CC)CC(=O)NC(=O)OCC)cc1. The highest BCUT2D eigenvalue weighted by atomic mass is 16.5. The van der Waals surface area contributed by atoms with Crippen molar-refractivity contribution in [1.82, 2.24) is 5.32 Å². The first-order valence-corrected chi connectivity index (χ1v) is 9.17. The minimum atomic E-state index is -0.763. The number of ether oxygens (including phenoxy) is 1. The van der Waals surface area contributed by atoms with Crippen molar-refractivity contribution < 1.29 is 24.0 Å². The molecule has 0 fully saturated rings. The fraction of sp³-hybridized carbons (Fsp3) is 0.526. The lowest BCUT2D eigenvalue weighted by atomic mass is 10.1. The van der Waals surface area contributed by atoms with Gasteiger partial charge in [-0.1, -0.05) is 25.5 Å². The monoisotopic (exact) mass is 364 g/mol. The van der Waals surface area contributed by atoms with Gasteiger partial charge in [0, 0.05) is 5.69 Å². The number of likely N-dealkylation sites (N-methyl/N-ethyl adjacent to an activating group) is 1. The Hall–Kier alpha value is -2.41. The largest absolute Gasteiger partial charge is 0.450 e. The van der Waals surface area contributed by atoms with Crippen LogP contribution in [0.2, 0.25) is 0 Å². The molecule has 3 N–H and O–H groups in total. The number of unbranched alkanes of at least 4 members (excludes halogenated alkanes) is 1. The van der Waals surface area contributed by atoms with E-state index in [-0.39, 0.29) is 25.6 Å². The molecule has 3 amide bonds. The van der Waals surface area contributed by atoms with Gasteiger partial charge in [0.2, 0.25) is 0 Å². The number of carbonyl (C=O) groups excluding carboxylic acids is 3. The average molecular weight is 364 g/mol. The van der Waals surface area contributed by atoms with E-state index in [1.165, 1.54) is 5.56 Å². The molecular weight excluding hydrogens is 334 g/mol. The summed E-state index contributed by atoms with van der Waals surface area (Å²) in [5, 5.41) is 4.98.